The lowest BCUT2D eigenvalue weighted by atomic mass is 10.1. The monoisotopic (exact) mass is 241 g/mol. The van der Waals surface area contributed by atoms with E-state index in [1.54, 1.807) is 6.92 Å². The predicted molar refractivity (Wildman–Crippen MR) is 56.4 cm³/mol. The highest BCUT2D eigenvalue weighted by molar-refractivity contribution is 7.92. The van der Waals surface area contributed by atoms with Crippen LogP contribution in [0.4, 0.5) is 0 Å². The highest BCUT2D eigenvalue weighted by atomic mass is 32.2. The molecule has 0 aromatic carbocycles. The average Bonchev–Trinajstić information content (AvgIpc) is 2.42. The molecule has 0 amide bonds. The fourth-order valence-corrected chi connectivity index (χ4v) is 3.59. The Morgan fingerprint density at radius 1 is 1.44 bits per heavy atom. The Labute approximate surface area is 93.1 Å². The van der Waals surface area contributed by atoms with Crippen molar-refractivity contribution in [2.75, 3.05) is 5.75 Å². The first kappa shape index (κ1) is 11.1. The Morgan fingerprint density at radius 3 is 2.62 bits per heavy atom. The first-order valence-electron chi connectivity index (χ1n) is 4.87. The van der Waals surface area contributed by atoms with Crippen LogP contribution >= 0.6 is 0 Å². The number of nitrogens with zero attached hydrogens (tertiary/aromatic N) is 1. The van der Waals surface area contributed by atoms with E-state index < -0.39 is 21.4 Å². The van der Waals surface area contributed by atoms with Gasteiger partial charge in [-0.15, -0.1) is 0 Å². The van der Waals surface area contributed by atoms with E-state index in [0.717, 1.165) is 0 Å². The third-order valence-corrected chi connectivity index (χ3v) is 4.38. The van der Waals surface area contributed by atoms with Gasteiger partial charge in [-0.25, -0.2) is 8.42 Å². The van der Waals surface area contributed by atoms with Crippen LogP contribution in [-0.4, -0.2) is 30.0 Å². The van der Waals surface area contributed by atoms with Crippen molar-refractivity contribution >= 4 is 15.6 Å². The molecule has 0 spiro atoms. The van der Waals surface area contributed by atoms with Crippen LogP contribution in [-0.2, 0) is 16.3 Å². The number of fused-ring (bicyclic) bond motifs is 1. The lowest BCUT2D eigenvalue weighted by Crippen LogP contribution is -2.04. The van der Waals surface area contributed by atoms with E-state index in [-0.39, 0.29) is 21.9 Å². The molecule has 0 radical (unpaired) electrons. The molecule has 86 valence electrons. The molecule has 1 N–H and O–H groups in total. The summed E-state index contributed by atoms with van der Waals surface area (Å²) in [6, 6.07) is 0. The summed E-state index contributed by atoms with van der Waals surface area (Å²) in [7, 11) is -3.60. The summed E-state index contributed by atoms with van der Waals surface area (Å²) in [5, 5.41) is 9.79. The van der Waals surface area contributed by atoms with E-state index in [2.05, 4.69) is 4.98 Å². The Morgan fingerprint density at radius 2 is 2.06 bits per heavy atom. The number of ketones is 1. The smallest absolute Gasteiger partial charge is 0.188 e. The van der Waals surface area contributed by atoms with Crippen molar-refractivity contribution in [2.45, 2.75) is 25.2 Å². The second kappa shape index (κ2) is 3.28. The van der Waals surface area contributed by atoms with Gasteiger partial charge in [0.1, 0.15) is 16.4 Å². The number of aromatic nitrogens is 1. The third kappa shape index (κ3) is 1.33. The van der Waals surface area contributed by atoms with Gasteiger partial charge in [0.25, 0.3) is 0 Å². The molecule has 2 rings (SSSR count). The molecule has 1 aliphatic rings. The summed E-state index contributed by atoms with van der Waals surface area (Å²) in [4.78, 5) is 15.5. The second-order valence-electron chi connectivity index (χ2n) is 3.73. The van der Waals surface area contributed by atoms with E-state index in [4.69, 9.17) is 0 Å². The van der Waals surface area contributed by atoms with Crippen molar-refractivity contribution in [1.29, 1.82) is 0 Å². The first-order valence-corrected chi connectivity index (χ1v) is 6.52. The topological polar surface area (TPSA) is 84.3 Å². The maximum atomic E-state index is 11.7. The van der Waals surface area contributed by atoms with E-state index in [1.807, 2.05) is 0 Å². The van der Waals surface area contributed by atoms with Crippen LogP contribution in [0.3, 0.4) is 0 Å². The molecule has 0 atom stereocenters. The molecular formula is C10H11NO4S. The van der Waals surface area contributed by atoms with Crippen molar-refractivity contribution in [3.63, 3.8) is 0 Å². The Balaban J connectivity index is 2.90. The fourth-order valence-electron chi connectivity index (χ4n) is 1.94. The number of aryl methyl sites for hydroxylation is 2. The molecule has 0 aliphatic carbocycles. The normalized spacial score (nSPS) is 17.5. The summed E-state index contributed by atoms with van der Waals surface area (Å²) in [5.74, 6) is -1.40. The maximum absolute atomic E-state index is 11.7. The largest absolute Gasteiger partial charge is 0.505 e. The number of carbonyl (C=O) groups is 1. The standard InChI is InChI=1S/C10H11NO4S/c1-3-6-9(13)8-7(12)4-16(14,15)10(8)5(2)11-6/h13H,3-4H2,1-2H3. The minimum absolute atomic E-state index is 0.0793. The number of carbonyl (C=O) groups excluding carboxylic acids is 1. The van der Waals surface area contributed by atoms with Gasteiger partial charge in [-0.05, 0) is 13.3 Å². The molecular weight excluding hydrogens is 230 g/mol. The Kier molecular flexibility index (Phi) is 2.27. The molecule has 16 heavy (non-hydrogen) atoms. The Bertz CT molecular complexity index is 589. The maximum Gasteiger partial charge on any atom is 0.188 e. The third-order valence-electron chi connectivity index (χ3n) is 2.61. The number of aromatic hydroxyl groups is 1. The van der Waals surface area contributed by atoms with Crippen molar-refractivity contribution in [3.05, 3.63) is 17.0 Å². The minimum Gasteiger partial charge on any atom is -0.505 e. The molecule has 1 aromatic rings. The van der Waals surface area contributed by atoms with Crippen molar-refractivity contribution in [3.8, 4) is 5.75 Å². The summed E-state index contributed by atoms with van der Waals surface area (Å²) < 4.78 is 23.3. The summed E-state index contributed by atoms with van der Waals surface area (Å²) in [6.07, 6.45) is 0.452. The van der Waals surface area contributed by atoms with E-state index in [1.165, 1.54) is 6.92 Å². The lowest BCUT2D eigenvalue weighted by Gasteiger charge is -2.07. The molecule has 1 aliphatic heterocycles. The van der Waals surface area contributed by atoms with Crippen LogP contribution in [0.25, 0.3) is 0 Å². The molecule has 0 unspecified atom stereocenters. The van der Waals surface area contributed by atoms with Gasteiger partial charge in [0.15, 0.2) is 15.6 Å². The second-order valence-corrected chi connectivity index (χ2v) is 5.66. The van der Waals surface area contributed by atoms with E-state index in [9.17, 15) is 18.3 Å². The number of hydrogen-bond acceptors (Lipinski definition) is 5. The van der Waals surface area contributed by atoms with Crippen molar-refractivity contribution in [2.24, 2.45) is 0 Å². The van der Waals surface area contributed by atoms with Gasteiger partial charge < -0.3 is 5.11 Å². The molecule has 5 nitrogen and oxygen atoms in total. The van der Waals surface area contributed by atoms with E-state index >= 15 is 0 Å². The summed E-state index contributed by atoms with van der Waals surface area (Å²) in [5.41, 5.74) is 0.571. The van der Waals surface area contributed by atoms with Gasteiger partial charge in [-0.1, -0.05) is 6.92 Å². The van der Waals surface area contributed by atoms with Gasteiger partial charge in [-0.2, -0.15) is 0 Å². The van der Waals surface area contributed by atoms with Gasteiger partial charge in [0, 0.05) is 0 Å². The zero-order chi connectivity index (χ0) is 12.1. The number of sulfone groups is 1. The molecule has 6 heteroatoms. The number of hydrogen-bond donors (Lipinski definition) is 1. The number of Topliss-reactive ketones (excluding diaryl/α,β-unsaturated/α-hetero) is 1. The van der Waals surface area contributed by atoms with Crippen molar-refractivity contribution < 1.29 is 18.3 Å². The zero-order valence-electron chi connectivity index (χ0n) is 8.94. The lowest BCUT2D eigenvalue weighted by molar-refractivity contribution is 0.102. The molecule has 1 aromatic heterocycles. The number of pyridine rings is 1. The van der Waals surface area contributed by atoms with Crippen LogP contribution in [0.15, 0.2) is 4.90 Å². The van der Waals surface area contributed by atoms with Crippen LogP contribution < -0.4 is 0 Å². The molecule has 0 saturated carbocycles. The van der Waals surface area contributed by atoms with Crippen LogP contribution in [0, 0.1) is 6.92 Å². The SMILES string of the molecule is CCc1nc(C)c2c(c1O)C(=O)CS2(=O)=O. The van der Waals surface area contributed by atoms with Gasteiger partial charge in [0.2, 0.25) is 0 Å². The number of rotatable bonds is 1. The van der Waals surface area contributed by atoms with Gasteiger partial charge in [-0.3, -0.25) is 9.78 Å². The predicted octanol–water partition coefficient (Wildman–Crippen LogP) is 0.628. The first-order chi connectivity index (χ1) is 7.38. The average molecular weight is 241 g/mol. The summed E-state index contributed by atoms with van der Waals surface area (Å²) in [6.45, 7) is 3.31. The molecule has 0 bridgehead atoms. The van der Waals surface area contributed by atoms with Crippen LogP contribution in [0.2, 0.25) is 0 Å². The Hall–Kier alpha value is -1.43. The van der Waals surface area contributed by atoms with Crippen LogP contribution in [0.1, 0.15) is 28.7 Å². The minimum atomic E-state index is -3.60. The quantitative estimate of drug-likeness (QED) is 0.779. The van der Waals surface area contributed by atoms with Gasteiger partial charge >= 0.3 is 0 Å². The van der Waals surface area contributed by atoms with Crippen molar-refractivity contribution in [1.82, 2.24) is 4.98 Å². The highest BCUT2D eigenvalue weighted by Crippen LogP contribution is 2.36. The van der Waals surface area contributed by atoms with Crippen LogP contribution in [0.5, 0.6) is 5.75 Å². The fraction of sp³-hybridized carbons (Fsp3) is 0.400. The summed E-state index contributed by atoms with van der Waals surface area (Å²) >= 11 is 0. The van der Waals surface area contributed by atoms with E-state index in [0.29, 0.717) is 12.1 Å². The highest BCUT2D eigenvalue weighted by Gasteiger charge is 2.38. The molecule has 0 saturated heterocycles. The van der Waals surface area contributed by atoms with Gasteiger partial charge in [0.05, 0.1) is 17.0 Å². The molecule has 2 heterocycles. The zero-order valence-corrected chi connectivity index (χ0v) is 9.76. The molecule has 0 fully saturated rings.